The van der Waals surface area contributed by atoms with E-state index in [9.17, 15) is 0 Å². The Hall–Kier alpha value is -1.14. The van der Waals surface area contributed by atoms with Gasteiger partial charge in [-0.1, -0.05) is 0 Å². The highest BCUT2D eigenvalue weighted by Crippen LogP contribution is 2.30. The Morgan fingerprint density at radius 1 is 1.45 bits per heavy atom. The summed E-state index contributed by atoms with van der Waals surface area (Å²) in [5.74, 6) is 0. The number of nitrogens with one attached hydrogen (secondary N) is 1. The van der Waals surface area contributed by atoms with E-state index in [1.165, 1.54) is 0 Å². The van der Waals surface area contributed by atoms with Crippen molar-refractivity contribution in [2.45, 2.75) is 52.2 Å². The lowest BCUT2D eigenvalue weighted by Crippen LogP contribution is -2.38. The molecule has 20 heavy (non-hydrogen) atoms. The zero-order valence-electron chi connectivity index (χ0n) is 12.7. The minimum Gasteiger partial charge on any atom is -0.328 e. The van der Waals surface area contributed by atoms with Crippen LogP contribution in [0.2, 0.25) is 0 Å². The summed E-state index contributed by atoms with van der Waals surface area (Å²) in [4.78, 5) is 5.78. The Labute approximate surface area is 124 Å². The van der Waals surface area contributed by atoms with Gasteiger partial charge in [-0.25, -0.2) is 4.68 Å². The molecule has 1 fully saturated rings. The predicted molar refractivity (Wildman–Crippen MR) is 83.7 cm³/mol. The summed E-state index contributed by atoms with van der Waals surface area (Å²) in [7, 11) is 2.20. The molecule has 1 saturated heterocycles. The molecule has 6 heteroatoms. The van der Waals surface area contributed by atoms with E-state index in [2.05, 4.69) is 45.1 Å². The van der Waals surface area contributed by atoms with Crippen molar-refractivity contribution in [3.05, 3.63) is 10.5 Å². The Morgan fingerprint density at radius 3 is 2.85 bits per heavy atom. The number of hydrogen-bond donors (Lipinski definition) is 1. The Kier molecular flexibility index (Phi) is 3.46. The smallest absolute Gasteiger partial charge is 0.179 e. The molecule has 0 bridgehead atoms. The van der Waals surface area contributed by atoms with E-state index in [0.29, 0.717) is 12.1 Å². The van der Waals surface area contributed by atoms with Crippen molar-refractivity contribution in [3.8, 4) is 0 Å². The molecule has 0 aliphatic carbocycles. The fraction of sp³-hybridized carbons (Fsp3) is 0.714. The molecule has 110 valence electrons. The first-order valence-corrected chi connectivity index (χ1v) is 7.81. The van der Waals surface area contributed by atoms with Crippen LogP contribution in [-0.4, -0.2) is 43.9 Å². The fourth-order valence-electron chi connectivity index (χ4n) is 3.28. The number of fused-ring (bicyclic) bond motifs is 1. The molecule has 3 heterocycles. The summed E-state index contributed by atoms with van der Waals surface area (Å²) >= 11 is 5.58. The van der Waals surface area contributed by atoms with Gasteiger partial charge in [0.25, 0.3) is 0 Å². The number of hydrogen-bond acceptors (Lipinski definition) is 3. The van der Waals surface area contributed by atoms with Crippen LogP contribution >= 0.6 is 12.2 Å². The third-order valence-electron chi connectivity index (χ3n) is 4.62. The van der Waals surface area contributed by atoms with Gasteiger partial charge in [0.2, 0.25) is 0 Å². The van der Waals surface area contributed by atoms with Crippen LogP contribution in [0.3, 0.4) is 0 Å². The van der Waals surface area contributed by atoms with Crippen molar-refractivity contribution in [1.82, 2.24) is 24.2 Å². The van der Waals surface area contributed by atoms with Gasteiger partial charge >= 0.3 is 0 Å². The normalized spacial score (nSPS) is 24.6. The van der Waals surface area contributed by atoms with E-state index in [-0.39, 0.29) is 0 Å². The van der Waals surface area contributed by atoms with E-state index < -0.39 is 0 Å². The average molecular weight is 293 g/mol. The van der Waals surface area contributed by atoms with Crippen molar-refractivity contribution in [1.29, 1.82) is 0 Å². The van der Waals surface area contributed by atoms with Crippen molar-refractivity contribution >= 4 is 23.4 Å². The number of aryl methyl sites for hydroxylation is 2. The first kappa shape index (κ1) is 13.8. The number of imidazole rings is 1. The zero-order valence-corrected chi connectivity index (χ0v) is 13.5. The number of aromatic nitrogens is 4. The van der Waals surface area contributed by atoms with Crippen LogP contribution in [0.15, 0.2) is 0 Å². The summed E-state index contributed by atoms with van der Waals surface area (Å²) in [5, 5.41) is 4.61. The van der Waals surface area contributed by atoms with E-state index in [1.54, 1.807) is 0 Å². The van der Waals surface area contributed by atoms with E-state index in [0.717, 1.165) is 47.6 Å². The Bertz CT molecular complexity index is 680. The van der Waals surface area contributed by atoms with Gasteiger partial charge in [0.15, 0.2) is 10.4 Å². The zero-order chi connectivity index (χ0) is 14.4. The molecule has 1 aliphatic heterocycles. The molecular weight excluding hydrogens is 270 g/mol. The van der Waals surface area contributed by atoms with Crippen molar-refractivity contribution in [2.75, 3.05) is 13.6 Å². The number of rotatable bonds is 2. The van der Waals surface area contributed by atoms with Gasteiger partial charge in [-0.05, 0) is 52.9 Å². The predicted octanol–water partition coefficient (Wildman–Crippen LogP) is 2.88. The second-order valence-corrected chi connectivity index (χ2v) is 6.29. The molecule has 5 nitrogen and oxygen atoms in total. The molecule has 2 unspecified atom stereocenters. The first-order chi connectivity index (χ1) is 9.52. The number of nitrogens with zero attached hydrogens (tertiary/aromatic N) is 4. The highest BCUT2D eigenvalue weighted by atomic mass is 32.1. The van der Waals surface area contributed by atoms with Crippen molar-refractivity contribution < 1.29 is 0 Å². The van der Waals surface area contributed by atoms with Crippen LogP contribution in [0.4, 0.5) is 0 Å². The summed E-state index contributed by atoms with van der Waals surface area (Å²) in [6.07, 6.45) is 2.29. The first-order valence-electron chi connectivity index (χ1n) is 7.40. The summed E-state index contributed by atoms with van der Waals surface area (Å²) in [5.41, 5.74) is 3.30. The number of aromatic amines is 1. The third-order valence-corrected chi connectivity index (χ3v) is 4.92. The molecule has 0 saturated carbocycles. The maximum absolute atomic E-state index is 5.58. The van der Waals surface area contributed by atoms with Crippen LogP contribution in [0.25, 0.3) is 11.2 Å². The van der Waals surface area contributed by atoms with E-state index >= 15 is 0 Å². The van der Waals surface area contributed by atoms with E-state index in [4.69, 9.17) is 12.2 Å². The van der Waals surface area contributed by atoms with Gasteiger partial charge in [-0.3, -0.25) is 4.57 Å². The van der Waals surface area contributed by atoms with Crippen LogP contribution in [0, 0.1) is 11.7 Å². The maximum Gasteiger partial charge on any atom is 0.179 e. The molecule has 0 radical (unpaired) electrons. The minimum absolute atomic E-state index is 0.476. The molecule has 0 spiro atoms. The lowest BCUT2D eigenvalue weighted by atomic mass is 9.99. The molecule has 2 aromatic rings. The number of H-pyrrole nitrogens is 1. The van der Waals surface area contributed by atoms with Crippen LogP contribution in [-0.2, 0) is 6.54 Å². The molecule has 0 amide bonds. The largest absolute Gasteiger partial charge is 0.328 e. The summed E-state index contributed by atoms with van der Waals surface area (Å²) in [6.45, 7) is 8.46. The molecule has 2 aromatic heterocycles. The lowest BCUT2D eigenvalue weighted by molar-refractivity contribution is 0.157. The van der Waals surface area contributed by atoms with Gasteiger partial charge in [-0.15, -0.1) is 0 Å². The minimum atomic E-state index is 0.476. The summed E-state index contributed by atoms with van der Waals surface area (Å²) in [6, 6.07) is 1.07. The Balaban J connectivity index is 2.11. The second kappa shape index (κ2) is 5.00. The fourth-order valence-corrected chi connectivity index (χ4v) is 3.62. The van der Waals surface area contributed by atoms with Crippen LogP contribution < -0.4 is 0 Å². The van der Waals surface area contributed by atoms with Crippen LogP contribution in [0.5, 0.6) is 0 Å². The highest BCUT2D eigenvalue weighted by Gasteiger charge is 2.27. The Morgan fingerprint density at radius 2 is 2.20 bits per heavy atom. The molecule has 2 atom stereocenters. The molecular formula is C14H23N5S. The van der Waals surface area contributed by atoms with Crippen molar-refractivity contribution in [3.63, 3.8) is 0 Å². The van der Waals surface area contributed by atoms with Gasteiger partial charge in [0, 0.05) is 25.2 Å². The third kappa shape index (κ3) is 2.02. The average Bonchev–Trinajstić information content (AvgIpc) is 2.90. The molecule has 0 aromatic carbocycles. The van der Waals surface area contributed by atoms with Crippen molar-refractivity contribution in [2.24, 2.45) is 0 Å². The lowest BCUT2D eigenvalue weighted by Gasteiger charge is -2.35. The summed E-state index contributed by atoms with van der Waals surface area (Å²) < 4.78 is 5.21. The second-order valence-electron chi connectivity index (χ2n) is 5.91. The van der Waals surface area contributed by atoms with Gasteiger partial charge in [0.1, 0.15) is 5.52 Å². The SMILES string of the molecule is CCn1nc(C)c2[nH]c(=S)n(C3CCN(C)C(C)C3)c21. The standard InChI is InChI=1S/C14H23N5S/c1-5-18-13-12(10(3)16-18)15-14(20)19(13)11-6-7-17(4)9(2)8-11/h9,11H,5-8H2,1-4H3,(H,15,20). The highest BCUT2D eigenvalue weighted by molar-refractivity contribution is 7.71. The van der Waals surface area contributed by atoms with Crippen LogP contribution in [0.1, 0.15) is 38.4 Å². The quantitative estimate of drug-likeness (QED) is 0.866. The number of piperidine rings is 1. The van der Waals surface area contributed by atoms with Gasteiger partial charge in [0.05, 0.1) is 5.69 Å². The molecule has 1 aliphatic rings. The van der Waals surface area contributed by atoms with Gasteiger partial charge < -0.3 is 9.88 Å². The topological polar surface area (TPSA) is 41.8 Å². The molecule has 3 rings (SSSR count). The number of likely N-dealkylation sites (tertiary alicyclic amines) is 1. The maximum atomic E-state index is 5.58. The van der Waals surface area contributed by atoms with E-state index in [1.807, 2.05) is 6.92 Å². The molecule has 1 N–H and O–H groups in total. The van der Waals surface area contributed by atoms with Gasteiger partial charge in [-0.2, -0.15) is 5.10 Å². The monoisotopic (exact) mass is 293 g/mol.